The Kier molecular flexibility index (Phi) is 4.29. The van der Waals surface area contributed by atoms with Crippen molar-refractivity contribution in [2.24, 2.45) is 0 Å². The number of esters is 2. The van der Waals surface area contributed by atoms with Crippen molar-refractivity contribution in [3.63, 3.8) is 0 Å². The second kappa shape index (κ2) is 5.97. The first kappa shape index (κ1) is 18.7. The van der Waals surface area contributed by atoms with Crippen LogP contribution in [0.25, 0.3) is 0 Å². The van der Waals surface area contributed by atoms with Crippen molar-refractivity contribution >= 4 is 27.6 Å². The molecule has 2 bridgehead atoms. The van der Waals surface area contributed by atoms with Crippen LogP contribution < -0.4 is 4.31 Å². The molecule has 1 fully saturated rings. The lowest BCUT2D eigenvalue weighted by atomic mass is 9.81. The van der Waals surface area contributed by atoms with E-state index < -0.39 is 38.2 Å². The van der Waals surface area contributed by atoms with Crippen LogP contribution in [0.3, 0.4) is 0 Å². The number of rotatable bonds is 3. The minimum absolute atomic E-state index is 0.0736. The molecule has 3 rings (SSSR count). The van der Waals surface area contributed by atoms with Crippen molar-refractivity contribution in [2.45, 2.75) is 49.9 Å². The van der Waals surface area contributed by atoms with Crippen molar-refractivity contribution in [3.8, 4) is 0 Å². The van der Waals surface area contributed by atoms with Crippen molar-refractivity contribution in [2.75, 3.05) is 18.0 Å². The van der Waals surface area contributed by atoms with Gasteiger partial charge in [-0.25, -0.2) is 8.42 Å². The Hall–Kier alpha value is -2.09. The normalized spacial score (nSPS) is 26.2. The van der Waals surface area contributed by atoms with Crippen LogP contribution in [0.4, 0.5) is 5.69 Å². The molecule has 1 saturated heterocycles. The Bertz CT molecular complexity index is 857. The highest BCUT2D eigenvalue weighted by Crippen LogP contribution is 2.55. The molecule has 2 atom stereocenters. The fourth-order valence-electron chi connectivity index (χ4n) is 3.92. The third-order valence-electron chi connectivity index (χ3n) is 4.90. The maximum Gasteiger partial charge on any atom is 0.329 e. The molecule has 0 saturated carbocycles. The highest BCUT2D eigenvalue weighted by molar-refractivity contribution is 7.95. The van der Waals surface area contributed by atoms with E-state index in [1.165, 1.54) is 11.4 Å². The Balaban J connectivity index is 2.15. The zero-order valence-electron chi connectivity index (χ0n) is 15.3. The predicted molar refractivity (Wildman–Crippen MR) is 95.3 cm³/mol. The first-order valence-corrected chi connectivity index (χ1v) is 9.90. The van der Waals surface area contributed by atoms with Gasteiger partial charge in [0, 0.05) is 12.5 Å². The number of methoxy groups -OCH3 is 1. The molecule has 0 aliphatic carbocycles. The highest BCUT2D eigenvalue weighted by Gasteiger charge is 2.67. The molecule has 7 nitrogen and oxygen atoms in total. The summed E-state index contributed by atoms with van der Waals surface area (Å²) < 4.78 is 36.1. The van der Waals surface area contributed by atoms with Gasteiger partial charge < -0.3 is 9.47 Å². The van der Waals surface area contributed by atoms with Crippen LogP contribution in [0.2, 0.25) is 0 Å². The Morgan fingerprint density at radius 1 is 1.27 bits per heavy atom. The van der Waals surface area contributed by atoms with E-state index in [0.717, 1.165) is 0 Å². The Morgan fingerprint density at radius 3 is 2.54 bits per heavy atom. The maximum absolute atomic E-state index is 13.2. The molecule has 26 heavy (non-hydrogen) atoms. The molecule has 0 radical (unpaired) electrons. The van der Waals surface area contributed by atoms with E-state index in [4.69, 9.17) is 9.47 Å². The lowest BCUT2D eigenvalue weighted by Gasteiger charge is -2.39. The third kappa shape index (κ3) is 2.58. The molecule has 0 N–H and O–H groups in total. The predicted octanol–water partition coefficient (Wildman–Crippen LogP) is 1.97. The zero-order valence-corrected chi connectivity index (χ0v) is 16.1. The molecule has 2 aliphatic rings. The van der Waals surface area contributed by atoms with E-state index in [9.17, 15) is 18.0 Å². The van der Waals surface area contributed by atoms with Crippen LogP contribution in [0.1, 0.15) is 45.1 Å². The van der Waals surface area contributed by atoms with Gasteiger partial charge in [-0.1, -0.05) is 18.2 Å². The molecule has 0 aromatic heterocycles. The molecule has 142 valence electrons. The van der Waals surface area contributed by atoms with E-state index in [2.05, 4.69) is 0 Å². The molecule has 8 heteroatoms. The van der Waals surface area contributed by atoms with Gasteiger partial charge in [0.15, 0.2) is 4.75 Å². The van der Waals surface area contributed by atoms with Crippen molar-refractivity contribution in [1.82, 2.24) is 0 Å². The molecule has 0 unspecified atom stereocenters. The van der Waals surface area contributed by atoms with Gasteiger partial charge in [0.25, 0.3) is 10.0 Å². The molecule has 0 spiro atoms. The minimum Gasteiger partial charge on any atom is -0.468 e. The maximum atomic E-state index is 13.2. The van der Waals surface area contributed by atoms with E-state index in [1.54, 1.807) is 45.0 Å². The summed E-state index contributed by atoms with van der Waals surface area (Å²) in [5, 5.41) is 0. The molecule has 0 amide bonds. The van der Waals surface area contributed by atoms with Crippen LogP contribution in [0.15, 0.2) is 24.3 Å². The number of carbonyl (C=O) groups is 2. The summed E-state index contributed by atoms with van der Waals surface area (Å²) in [5.41, 5.74) is 0.457. The van der Waals surface area contributed by atoms with Crippen molar-refractivity contribution in [3.05, 3.63) is 29.8 Å². The fourth-order valence-corrected chi connectivity index (χ4v) is 6.29. The van der Waals surface area contributed by atoms with Gasteiger partial charge in [0.1, 0.15) is 5.60 Å². The quantitative estimate of drug-likeness (QED) is 0.744. The topological polar surface area (TPSA) is 90.0 Å². The number of hydrogen-bond donors (Lipinski definition) is 0. The van der Waals surface area contributed by atoms with Gasteiger partial charge in [-0.05, 0) is 38.8 Å². The number of carbonyl (C=O) groups excluding carboxylic acids is 2. The summed E-state index contributed by atoms with van der Waals surface area (Å²) in [7, 11) is -2.84. The summed E-state index contributed by atoms with van der Waals surface area (Å²) in [6, 6.07) is 6.96. The second-order valence-corrected chi connectivity index (χ2v) is 9.73. The van der Waals surface area contributed by atoms with E-state index in [0.29, 0.717) is 11.3 Å². The number of nitrogens with zero attached hydrogens (tertiary/aromatic N) is 1. The van der Waals surface area contributed by atoms with Gasteiger partial charge in [-0.3, -0.25) is 13.9 Å². The number of anilines is 1. The van der Waals surface area contributed by atoms with Crippen LogP contribution in [-0.4, -0.2) is 44.4 Å². The van der Waals surface area contributed by atoms with Crippen LogP contribution in [-0.2, 0) is 29.1 Å². The number of benzene rings is 1. The summed E-state index contributed by atoms with van der Waals surface area (Å²) in [4.78, 5) is 25.2. The monoisotopic (exact) mass is 381 g/mol. The van der Waals surface area contributed by atoms with Gasteiger partial charge >= 0.3 is 11.9 Å². The first-order valence-electron chi connectivity index (χ1n) is 8.46. The Morgan fingerprint density at radius 2 is 1.92 bits per heavy atom. The number of ether oxygens (including phenoxy) is 2. The van der Waals surface area contributed by atoms with Crippen molar-refractivity contribution < 1.29 is 27.5 Å². The lowest BCUT2D eigenvalue weighted by molar-refractivity contribution is -0.156. The van der Waals surface area contributed by atoms with Crippen LogP contribution in [0, 0.1) is 0 Å². The average Bonchev–Trinajstić information content (AvgIpc) is 2.71. The fraction of sp³-hybridized carbons (Fsp3) is 0.556. The van der Waals surface area contributed by atoms with Gasteiger partial charge in [-0.2, -0.15) is 0 Å². The number of sulfonamides is 1. The average molecular weight is 381 g/mol. The number of para-hydroxylation sites is 1. The summed E-state index contributed by atoms with van der Waals surface area (Å²) >= 11 is 0. The minimum atomic E-state index is -4.00. The smallest absolute Gasteiger partial charge is 0.329 e. The molecule has 2 aliphatic heterocycles. The number of fused-ring (bicyclic) bond motifs is 4. The third-order valence-corrected chi connectivity index (χ3v) is 7.44. The standard InChI is InChI=1S/C18H23NO6S/c1-17(2,3)25-15(20)11-13-12-7-5-6-8-14(12)19-10-9-18(13,16(21)24-4)26(19,22)23/h5-8,13H,9-11H2,1-4H3/t13-,18-/m0/s1. The summed E-state index contributed by atoms with van der Waals surface area (Å²) in [5.74, 6) is -2.23. The van der Waals surface area contributed by atoms with Crippen LogP contribution in [0.5, 0.6) is 0 Å². The summed E-state index contributed by atoms with van der Waals surface area (Å²) in [6.07, 6.45) is -0.138. The van der Waals surface area contributed by atoms with E-state index in [-0.39, 0.29) is 19.4 Å². The van der Waals surface area contributed by atoms with Crippen molar-refractivity contribution in [1.29, 1.82) is 0 Å². The molecular formula is C18H23NO6S. The largest absolute Gasteiger partial charge is 0.468 e. The molecule has 2 heterocycles. The zero-order chi connectivity index (χ0) is 19.3. The number of hydrogen-bond acceptors (Lipinski definition) is 6. The van der Waals surface area contributed by atoms with Crippen LogP contribution >= 0.6 is 0 Å². The van der Waals surface area contributed by atoms with Gasteiger partial charge in [-0.15, -0.1) is 0 Å². The summed E-state index contributed by atoms with van der Waals surface area (Å²) in [6.45, 7) is 5.40. The van der Waals surface area contributed by atoms with E-state index in [1.807, 2.05) is 0 Å². The highest BCUT2D eigenvalue weighted by atomic mass is 32.2. The first-order chi connectivity index (χ1) is 12.0. The molecule has 1 aromatic rings. The van der Waals surface area contributed by atoms with Gasteiger partial charge in [0.2, 0.25) is 0 Å². The van der Waals surface area contributed by atoms with E-state index >= 15 is 0 Å². The van der Waals surface area contributed by atoms with Gasteiger partial charge in [0.05, 0.1) is 19.2 Å². The Labute approximate surface area is 153 Å². The SMILES string of the molecule is COC(=O)[C@]12CCN(c3ccccc3[C@@H]1CC(=O)OC(C)(C)C)S2(=O)=O. The lowest BCUT2D eigenvalue weighted by Crippen LogP contribution is -2.54. The molecular weight excluding hydrogens is 358 g/mol. The molecule has 1 aromatic carbocycles. The second-order valence-electron chi connectivity index (χ2n) is 7.61.